The van der Waals surface area contributed by atoms with Crippen molar-refractivity contribution in [2.45, 2.75) is 58.6 Å². The van der Waals surface area contributed by atoms with Crippen LogP contribution in [-0.2, 0) is 14.9 Å². The first-order chi connectivity index (χ1) is 9.12. The summed E-state index contributed by atoms with van der Waals surface area (Å²) in [6, 6.07) is 10.00. The molecule has 1 N–H and O–H groups in total. The van der Waals surface area contributed by atoms with Crippen LogP contribution in [-0.4, -0.2) is 24.2 Å². The lowest BCUT2D eigenvalue weighted by atomic mass is 9.84. The molecule has 0 amide bonds. The van der Waals surface area contributed by atoms with E-state index in [4.69, 9.17) is 4.74 Å². The van der Waals surface area contributed by atoms with E-state index in [1.165, 1.54) is 5.56 Å². The Morgan fingerprint density at radius 2 is 1.70 bits per heavy atom. The molecule has 0 spiro atoms. The maximum absolute atomic E-state index is 11.9. The Morgan fingerprint density at radius 3 is 2.20 bits per heavy atom. The minimum Gasteiger partial charge on any atom is -0.459 e. The summed E-state index contributed by atoms with van der Waals surface area (Å²) in [4.78, 5) is 11.9. The molecule has 0 aliphatic carbocycles. The summed E-state index contributed by atoms with van der Waals surface area (Å²) in [5.74, 6) is -0.207. The third-order valence-corrected chi connectivity index (χ3v) is 3.17. The normalized spacial score (nSPS) is 13.9. The predicted molar refractivity (Wildman–Crippen MR) is 82.8 cm³/mol. The second-order valence-corrected chi connectivity index (χ2v) is 6.89. The maximum Gasteiger partial charge on any atom is 0.323 e. The van der Waals surface area contributed by atoms with Gasteiger partial charge in [-0.3, -0.25) is 4.79 Å². The number of nitrogens with one attached hydrogen (secondary N) is 1. The number of carbonyl (C=O) groups is 1. The smallest absolute Gasteiger partial charge is 0.323 e. The number of esters is 1. The minimum absolute atomic E-state index is 0.0302. The molecule has 0 heterocycles. The molecule has 1 aromatic carbocycles. The zero-order chi connectivity index (χ0) is 15.4. The number of ether oxygens (including phenoxy) is 1. The van der Waals surface area contributed by atoms with Crippen LogP contribution in [0.3, 0.4) is 0 Å². The highest BCUT2D eigenvalue weighted by molar-refractivity contribution is 5.75. The molecule has 0 saturated heterocycles. The summed E-state index contributed by atoms with van der Waals surface area (Å²) in [6.07, 6.45) is 0. The molecule has 3 nitrogen and oxygen atoms in total. The molecule has 0 bridgehead atoms. The third-order valence-electron chi connectivity index (χ3n) is 3.17. The summed E-state index contributed by atoms with van der Waals surface area (Å²) in [6.45, 7) is 12.5. The van der Waals surface area contributed by atoms with E-state index in [0.29, 0.717) is 0 Å². The van der Waals surface area contributed by atoms with Crippen LogP contribution in [0.15, 0.2) is 30.3 Å². The van der Waals surface area contributed by atoms with Gasteiger partial charge in [-0.05, 0) is 33.3 Å². The van der Waals surface area contributed by atoms with Crippen LogP contribution in [0, 0.1) is 0 Å². The van der Waals surface area contributed by atoms with Crippen molar-refractivity contribution < 1.29 is 9.53 Å². The third kappa shape index (κ3) is 5.33. The van der Waals surface area contributed by atoms with E-state index >= 15 is 0 Å². The molecule has 20 heavy (non-hydrogen) atoms. The summed E-state index contributed by atoms with van der Waals surface area (Å²) < 4.78 is 5.37. The summed E-state index contributed by atoms with van der Waals surface area (Å²) in [7, 11) is 0. The largest absolute Gasteiger partial charge is 0.459 e. The van der Waals surface area contributed by atoms with Crippen molar-refractivity contribution in [2.75, 3.05) is 6.54 Å². The fourth-order valence-corrected chi connectivity index (χ4v) is 1.87. The van der Waals surface area contributed by atoms with E-state index in [1.807, 2.05) is 45.9 Å². The molecule has 0 radical (unpaired) electrons. The SMILES string of the molecule is CC(NCC(C)(C)c1ccccc1)C(=O)OC(C)(C)C. The molecule has 0 fully saturated rings. The molecule has 3 heteroatoms. The average molecular weight is 277 g/mol. The Morgan fingerprint density at radius 1 is 1.15 bits per heavy atom. The highest BCUT2D eigenvalue weighted by atomic mass is 16.6. The Kier molecular flexibility index (Phi) is 5.35. The van der Waals surface area contributed by atoms with Gasteiger partial charge in [-0.1, -0.05) is 44.2 Å². The van der Waals surface area contributed by atoms with Crippen LogP contribution >= 0.6 is 0 Å². The standard InChI is InChI=1S/C17H27NO2/c1-13(15(19)20-16(2,3)4)18-12-17(5,6)14-10-8-7-9-11-14/h7-11,13,18H,12H2,1-6H3. The van der Waals surface area contributed by atoms with Gasteiger partial charge >= 0.3 is 5.97 Å². The van der Waals surface area contributed by atoms with Crippen molar-refractivity contribution in [3.8, 4) is 0 Å². The summed E-state index contributed by atoms with van der Waals surface area (Å²) in [5.41, 5.74) is 0.781. The van der Waals surface area contributed by atoms with Crippen molar-refractivity contribution in [3.63, 3.8) is 0 Å². The Bertz CT molecular complexity index is 432. The molecular weight excluding hydrogens is 250 g/mol. The van der Waals surface area contributed by atoms with Gasteiger partial charge in [0.2, 0.25) is 0 Å². The molecule has 1 rings (SSSR count). The minimum atomic E-state index is -0.442. The van der Waals surface area contributed by atoms with Gasteiger partial charge in [0.15, 0.2) is 0 Å². The number of benzene rings is 1. The lowest BCUT2D eigenvalue weighted by Gasteiger charge is -2.28. The second kappa shape index (κ2) is 6.40. The van der Waals surface area contributed by atoms with Crippen LogP contribution in [0.2, 0.25) is 0 Å². The first kappa shape index (κ1) is 16.7. The summed E-state index contributed by atoms with van der Waals surface area (Å²) in [5, 5.41) is 3.27. The molecule has 0 aromatic heterocycles. The Labute approximate surface area is 122 Å². The maximum atomic E-state index is 11.9. The van der Waals surface area contributed by atoms with Crippen molar-refractivity contribution in [1.29, 1.82) is 0 Å². The number of rotatable bonds is 5. The van der Waals surface area contributed by atoms with Gasteiger partial charge in [0.25, 0.3) is 0 Å². The number of hydrogen-bond acceptors (Lipinski definition) is 3. The van der Waals surface area contributed by atoms with E-state index in [2.05, 4.69) is 31.3 Å². The molecular formula is C17H27NO2. The molecule has 1 atom stereocenters. The van der Waals surface area contributed by atoms with Crippen molar-refractivity contribution in [2.24, 2.45) is 0 Å². The lowest BCUT2D eigenvalue weighted by molar-refractivity contribution is -0.157. The zero-order valence-corrected chi connectivity index (χ0v) is 13.5. The van der Waals surface area contributed by atoms with Gasteiger partial charge in [-0.2, -0.15) is 0 Å². The molecule has 1 unspecified atom stereocenters. The topological polar surface area (TPSA) is 38.3 Å². The van der Waals surface area contributed by atoms with Crippen LogP contribution in [0.25, 0.3) is 0 Å². The molecule has 0 aliphatic heterocycles. The van der Waals surface area contributed by atoms with Gasteiger partial charge in [0.05, 0.1) is 0 Å². The summed E-state index contributed by atoms with van der Waals surface area (Å²) >= 11 is 0. The monoisotopic (exact) mass is 277 g/mol. The molecule has 1 aromatic rings. The molecule has 0 aliphatic rings. The molecule has 112 valence electrons. The van der Waals surface area contributed by atoms with Crippen molar-refractivity contribution in [1.82, 2.24) is 5.32 Å². The van der Waals surface area contributed by atoms with Crippen LogP contribution < -0.4 is 5.32 Å². The van der Waals surface area contributed by atoms with E-state index < -0.39 is 5.60 Å². The van der Waals surface area contributed by atoms with E-state index in [0.717, 1.165) is 6.54 Å². The number of carbonyl (C=O) groups excluding carboxylic acids is 1. The van der Waals surface area contributed by atoms with Crippen LogP contribution in [0.4, 0.5) is 0 Å². The zero-order valence-electron chi connectivity index (χ0n) is 13.5. The van der Waals surface area contributed by atoms with Crippen LogP contribution in [0.1, 0.15) is 47.1 Å². The second-order valence-electron chi connectivity index (χ2n) is 6.89. The van der Waals surface area contributed by atoms with E-state index in [-0.39, 0.29) is 17.4 Å². The van der Waals surface area contributed by atoms with E-state index in [9.17, 15) is 4.79 Å². The van der Waals surface area contributed by atoms with Crippen molar-refractivity contribution >= 4 is 5.97 Å². The quantitative estimate of drug-likeness (QED) is 0.839. The van der Waals surface area contributed by atoms with Gasteiger partial charge in [0, 0.05) is 12.0 Å². The average Bonchev–Trinajstić information content (AvgIpc) is 2.35. The van der Waals surface area contributed by atoms with Gasteiger partial charge in [-0.25, -0.2) is 0 Å². The van der Waals surface area contributed by atoms with E-state index in [1.54, 1.807) is 0 Å². The predicted octanol–water partition coefficient (Wildman–Crippen LogP) is 3.28. The lowest BCUT2D eigenvalue weighted by Crippen LogP contribution is -2.44. The number of hydrogen-bond donors (Lipinski definition) is 1. The highest BCUT2D eigenvalue weighted by Gasteiger charge is 2.25. The van der Waals surface area contributed by atoms with Gasteiger partial charge in [-0.15, -0.1) is 0 Å². The fourth-order valence-electron chi connectivity index (χ4n) is 1.87. The van der Waals surface area contributed by atoms with Crippen molar-refractivity contribution in [3.05, 3.63) is 35.9 Å². The first-order valence-corrected chi connectivity index (χ1v) is 7.13. The molecule has 0 saturated carbocycles. The van der Waals surface area contributed by atoms with Gasteiger partial charge in [0.1, 0.15) is 11.6 Å². The van der Waals surface area contributed by atoms with Crippen LogP contribution in [0.5, 0.6) is 0 Å². The first-order valence-electron chi connectivity index (χ1n) is 7.13. The Balaban J connectivity index is 2.56. The fraction of sp³-hybridized carbons (Fsp3) is 0.588. The Hall–Kier alpha value is -1.35. The highest BCUT2D eigenvalue weighted by Crippen LogP contribution is 2.22. The van der Waals surface area contributed by atoms with Gasteiger partial charge < -0.3 is 10.1 Å².